The van der Waals surface area contributed by atoms with E-state index in [0.29, 0.717) is 17.5 Å². The molecule has 0 saturated carbocycles. The number of rotatable bonds is 5. The molecule has 0 bridgehead atoms. The van der Waals surface area contributed by atoms with E-state index in [0.717, 1.165) is 16.3 Å². The minimum absolute atomic E-state index is 0.144. The lowest BCUT2D eigenvalue weighted by Crippen LogP contribution is -2.17. The van der Waals surface area contributed by atoms with Crippen molar-refractivity contribution >= 4 is 22.9 Å². The molecule has 4 nitrogen and oxygen atoms in total. The summed E-state index contributed by atoms with van der Waals surface area (Å²) in [5, 5.41) is 16.0. The van der Waals surface area contributed by atoms with Gasteiger partial charge in [-0.15, -0.1) is 6.58 Å². The molecule has 0 saturated heterocycles. The molecule has 0 heterocycles. The van der Waals surface area contributed by atoms with Crippen LogP contribution in [0.25, 0.3) is 10.8 Å². The van der Waals surface area contributed by atoms with Gasteiger partial charge in [0.15, 0.2) is 0 Å². The molecule has 3 rings (SSSR count). The number of hydrogen-bond acceptors (Lipinski definition) is 3. The Kier molecular flexibility index (Phi) is 4.90. The van der Waals surface area contributed by atoms with Crippen LogP contribution in [-0.2, 0) is 6.42 Å². The highest BCUT2D eigenvalue weighted by Crippen LogP contribution is 2.22. The van der Waals surface area contributed by atoms with Gasteiger partial charge in [-0.05, 0) is 34.9 Å². The van der Waals surface area contributed by atoms with Crippen molar-refractivity contribution in [3.8, 4) is 5.75 Å². The molecule has 0 aliphatic carbocycles. The van der Waals surface area contributed by atoms with Crippen LogP contribution in [0.15, 0.2) is 78.4 Å². The number of fused-ring (bicyclic) bond motifs is 1. The number of aromatic hydroxyl groups is 1. The van der Waals surface area contributed by atoms with Crippen molar-refractivity contribution in [1.82, 2.24) is 5.43 Å². The van der Waals surface area contributed by atoms with Crippen molar-refractivity contribution in [2.24, 2.45) is 5.10 Å². The molecule has 2 N–H and O–H groups in total. The zero-order valence-electron chi connectivity index (χ0n) is 13.6. The van der Waals surface area contributed by atoms with Gasteiger partial charge in [0.05, 0.1) is 6.21 Å². The summed E-state index contributed by atoms with van der Waals surface area (Å²) in [5.41, 5.74) is 4.38. The quantitative estimate of drug-likeness (QED) is 0.421. The molecular weight excluding hydrogens is 312 g/mol. The van der Waals surface area contributed by atoms with Gasteiger partial charge < -0.3 is 5.11 Å². The van der Waals surface area contributed by atoms with E-state index in [2.05, 4.69) is 17.1 Å². The van der Waals surface area contributed by atoms with Crippen molar-refractivity contribution in [1.29, 1.82) is 0 Å². The number of amides is 1. The van der Waals surface area contributed by atoms with Gasteiger partial charge in [-0.3, -0.25) is 4.79 Å². The van der Waals surface area contributed by atoms with Gasteiger partial charge in [0.1, 0.15) is 5.75 Å². The van der Waals surface area contributed by atoms with Gasteiger partial charge in [-0.2, -0.15) is 5.10 Å². The summed E-state index contributed by atoms with van der Waals surface area (Å²) in [6.45, 7) is 3.67. The van der Waals surface area contributed by atoms with Crippen LogP contribution in [0.1, 0.15) is 21.5 Å². The van der Waals surface area contributed by atoms with Crippen LogP contribution >= 0.6 is 0 Å². The number of phenols is 1. The molecule has 1 amide bonds. The lowest BCUT2D eigenvalue weighted by molar-refractivity contribution is 0.0957. The number of nitrogens with zero attached hydrogens (tertiary/aromatic N) is 1. The molecule has 3 aromatic carbocycles. The smallest absolute Gasteiger partial charge is 0.271 e. The molecule has 0 spiro atoms. The van der Waals surface area contributed by atoms with Crippen molar-refractivity contribution in [2.75, 3.05) is 0 Å². The minimum atomic E-state index is -0.296. The zero-order valence-corrected chi connectivity index (χ0v) is 13.6. The molecule has 4 heteroatoms. The van der Waals surface area contributed by atoms with Gasteiger partial charge in [-0.25, -0.2) is 5.43 Å². The number of phenolic OH excluding ortho intramolecular Hbond substituents is 1. The summed E-state index contributed by atoms with van der Waals surface area (Å²) < 4.78 is 0. The number of carbonyl (C=O) groups is 1. The van der Waals surface area contributed by atoms with E-state index in [-0.39, 0.29) is 11.7 Å². The number of hydrogen-bond donors (Lipinski definition) is 2. The fraction of sp³-hybridized carbons (Fsp3) is 0.0476. The fourth-order valence-corrected chi connectivity index (χ4v) is 2.68. The molecule has 0 fully saturated rings. The van der Waals surface area contributed by atoms with Crippen LogP contribution < -0.4 is 5.43 Å². The van der Waals surface area contributed by atoms with E-state index in [4.69, 9.17) is 0 Å². The predicted molar refractivity (Wildman–Crippen MR) is 101 cm³/mol. The first-order chi connectivity index (χ1) is 12.2. The maximum absolute atomic E-state index is 12.4. The first-order valence-electron chi connectivity index (χ1n) is 7.93. The number of para-hydroxylation sites is 1. The SMILES string of the molecule is C=CCc1cccc(/C=N/NC(=O)c2cccc3ccccc23)c1O. The zero-order chi connectivity index (χ0) is 17.6. The molecule has 0 atom stereocenters. The average molecular weight is 330 g/mol. The third-order valence-electron chi connectivity index (χ3n) is 3.92. The van der Waals surface area contributed by atoms with E-state index in [9.17, 15) is 9.90 Å². The Morgan fingerprint density at radius 3 is 2.68 bits per heavy atom. The molecule has 25 heavy (non-hydrogen) atoms. The maximum Gasteiger partial charge on any atom is 0.271 e. The van der Waals surface area contributed by atoms with E-state index in [1.165, 1.54) is 6.21 Å². The second kappa shape index (κ2) is 7.45. The van der Waals surface area contributed by atoms with Gasteiger partial charge in [0.25, 0.3) is 5.91 Å². The predicted octanol–water partition coefficient (Wildman–Crippen LogP) is 4.04. The van der Waals surface area contributed by atoms with Crippen molar-refractivity contribution in [3.63, 3.8) is 0 Å². The molecule has 0 aromatic heterocycles. The van der Waals surface area contributed by atoms with Crippen LogP contribution in [0.3, 0.4) is 0 Å². The Balaban J connectivity index is 1.79. The Labute approximate surface area is 146 Å². The summed E-state index contributed by atoms with van der Waals surface area (Å²) in [5.74, 6) is -0.152. The second-order valence-corrected chi connectivity index (χ2v) is 5.57. The topological polar surface area (TPSA) is 61.7 Å². The normalized spacial score (nSPS) is 10.9. The van der Waals surface area contributed by atoms with E-state index in [1.807, 2.05) is 48.5 Å². The molecule has 0 aliphatic heterocycles. The molecule has 0 unspecified atom stereocenters. The van der Waals surface area contributed by atoms with Crippen molar-refractivity contribution in [3.05, 3.63) is 90.0 Å². The highest BCUT2D eigenvalue weighted by Gasteiger charge is 2.09. The second-order valence-electron chi connectivity index (χ2n) is 5.57. The average Bonchev–Trinajstić information content (AvgIpc) is 2.64. The van der Waals surface area contributed by atoms with Gasteiger partial charge >= 0.3 is 0 Å². The minimum Gasteiger partial charge on any atom is -0.507 e. The first-order valence-corrected chi connectivity index (χ1v) is 7.93. The monoisotopic (exact) mass is 330 g/mol. The third kappa shape index (κ3) is 3.58. The Morgan fingerprint density at radius 2 is 1.84 bits per heavy atom. The Bertz CT molecular complexity index is 956. The van der Waals surface area contributed by atoms with Crippen molar-refractivity contribution < 1.29 is 9.90 Å². The van der Waals surface area contributed by atoms with Crippen LogP contribution in [0.5, 0.6) is 5.75 Å². The van der Waals surface area contributed by atoms with Crippen LogP contribution in [0, 0.1) is 0 Å². The van der Waals surface area contributed by atoms with Gasteiger partial charge in [0, 0.05) is 11.1 Å². The lowest BCUT2D eigenvalue weighted by Gasteiger charge is -2.06. The fourth-order valence-electron chi connectivity index (χ4n) is 2.68. The molecule has 3 aromatic rings. The number of allylic oxidation sites excluding steroid dienone is 1. The lowest BCUT2D eigenvalue weighted by atomic mass is 10.0. The Morgan fingerprint density at radius 1 is 1.08 bits per heavy atom. The summed E-state index contributed by atoms with van der Waals surface area (Å²) in [7, 11) is 0. The summed E-state index contributed by atoms with van der Waals surface area (Å²) in [4.78, 5) is 12.4. The highest BCUT2D eigenvalue weighted by molar-refractivity contribution is 6.07. The maximum atomic E-state index is 12.4. The van der Waals surface area contributed by atoms with Gasteiger partial charge in [-0.1, -0.05) is 54.6 Å². The Hall–Kier alpha value is -3.40. The molecule has 0 radical (unpaired) electrons. The standard InChI is InChI=1S/C21H18N2O2/c1-2-7-16-10-5-11-17(20(16)24)14-22-23-21(25)19-13-6-9-15-8-3-4-12-18(15)19/h2-6,8-14,24H,1,7H2,(H,23,25)/b22-14+. The van der Waals surface area contributed by atoms with Crippen LogP contribution in [0.4, 0.5) is 0 Å². The van der Waals surface area contributed by atoms with Gasteiger partial charge in [0.2, 0.25) is 0 Å². The molecule has 0 aliphatic rings. The number of carbonyl (C=O) groups excluding carboxylic acids is 1. The van der Waals surface area contributed by atoms with E-state index >= 15 is 0 Å². The number of hydrazone groups is 1. The first kappa shape index (κ1) is 16.5. The largest absolute Gasteiger partial charge is 0.507 e. The molecule has 124 valence electrons. The highest BCUT2D eigenvalue weighted by atomic mass is 16.3. The summed E-state index contributed by atoms with van der Waals surface area (Å²) in [6, 6.07) is 18.6. The van der Waals surface area contributed by atoms with E-state index in [1.54, 1.807) is 18.2 Å². The van der Waals surface area contributed by atoms with Crippen molar-refractivity contribution in [2.45, 2.75) is 6.42 Å². The van der Waals surface area contributed by atoms with Crippen LogP contribution in [-0.4, -0.2) is 17.2 Å². The third-order valence-corrected chi connectivity index (χ3v) is 3.92. The number of benzene rings is 3. The summed E-state index contributed by atoms with van der Waals surface area (Å²) in [6.07, 6.45) is 3.72. The van der Waals surface area contributed by atoms with E-state index < -0.39 is 0 Å². The molecular formula is C21H18N2O2. The number of nitrogens with one attached hydrogen (secondary N) is 1. The summed E-state index contributed by atoms with van der Waals surface area (Å²) >= 11 is 0. The van der Waals surface area contributed by atoms with Crippen LogP contribution in [0.2, 0.25) is 0 Å².